The summed E-state index contributed by atoms with van der Waals surface area (Å²) in [7, 11) is 1.71. The lowest BCUT2D eigenvalue weighted by Gasteiger charge is -2.24. The molecule has 0 saturated carbocycles. The molecule has 39 nitrogen and oxygen atoms in total. The summed E-state index contributed by atoms with van der Waals surface area (Å²) < 4.78 is 0. The number of aryl methyl sites for hydroxylation is 1. The number of aliphatic carboxylic acids is 2. The van der Waals surface area contributed by atoms with E-state index in [-0.39, 0.29) is 44.4 Å². The molecule has 0 saturated heterocycles. The zero-order chi connectivity index (χ0) is 82.6. The first-order valence-electron chi connectivity index (χ1n) is 35.8. The number of nitrogens with zero attached hydrogens (tertiary/aromatic N) is 14. The zero-order valence-electron chi connectivity index (χ0n) is 62.6. The van der Waals surface area contributed by atoms with Gasteiger partial charge in [-0.1, -0.05) is 98.2 Å². The van der Waals surface area contributed by atoms with Gasteiger partial charge in [-0.2, -0.15) is 0 Å². The Bertz CT molecular complexity index is 4280. The Morgan fingerprint density at radius 1 is 0.688 bits per heavy atom. The number of benzene rings is 2. The fraction of sp³-hybridized carbons (Fsp3) is 0.521. The fourth-order valence-electron chi connectivity index (χ4n) is 11.7. The van der Waals surface area contributed by atoms with Gasteiger partial charge in [-0.05, 0) is 80.5 Å². The molecule has 2 aliphatic rings. The van der Waals surface area contributed by atoms with E-state index in [0.717, 1.165) is 34.1 Å². The first-order chi connectivity index (χ1) is 53.0. The number of carboxylic acid groups (broad SMARTS) is 2. The monoisotopic (exact) mass is 1600 g/mol. The number of rotatable bonds is 24. The van der Waals surface area contributed by atoms with Crippen LogP contribution in [-0.4, -0.2) is 305 Å². The summed E-state index contributed by atoms with van der Waals surface area (Å²) in [4.78, 5) is 90.6. The number of imidazole rings is 1. The van der Waals surface area contributed by atoms with Crippen LogP contribution in [0.5, 0.6) is 0 Å². The number of aliphatic imine (C=N–C) groups is 13. The maximum atomic E-state index is 12.7. The van der Waals surface area contributed by atoms with E-state index in [9.17, 15) is 96.4 Å². The minimum absolute atomic E-state index is 0.0163. The van der Waals surface area contributed by atoms with Gasteiger partial charge in [-0.15, -0.1) is 0 Å². The number of carboxylic acids is 2. The van der Waals surface area contributed by atoms with Gasteiger partial charge in [-0.3, -0.25) is 15.6 Å². The molecule has 3 heterocycles. The van der Waals surface area contributed by atoms with Crippen LogP contribution in [0.2, 0.25) is 0 Å². The highest BCUT2D eigenvalue weighted by molar-refractivity contribution is 8.76. The lowest BCUT2D eigenvalue weighted by Crippen LogP contribution is -2.35. The highest BCUT2D eigenvalue weighted by Gasteiger charge is 2.38. The third-order valence-corrected chi connectivity index (χ3v) is 20.2. The molecule has 1 aliphatic carbocycles. The quantitative estimate of drug-likeness (QED) is 0.0137. The largest absolute Gasteiger partial charge is 0.497 e. The summed E-state index contributed by atoms with van der Waals surface area (Å²) in [5.74, 6) is -18.9. The molecule has 112 heavy (non-hydrogen) atoms. The first kappa shape index (κ1) is 89.5. The summed E-state index contributed by atoms with van der Waals surface area (Å²) in [6.07, 6.45) is 0.615. The van der Waals surface area contributed by atoms with Crippen molar-refractivity contribution in [1.82, 2.24) is 20.3 Å². The highest BCUT2D eigenvalue weighted by atomic mass is 33.1. The Morgan fingerprint density at radius 3 is 1.96 bits per heavy atom. The van der Waals surface area contributed by atoms with E-state index in [1.54, 1.807) is 76.4 Å². The second-order valence-electron chi connectivity index (χ2n) is 26.9. The number of aliphatic hydroxyl groups excluding tert-OH is 15. The number of para-hydroxylation sites is 1. The average Bonchev–Trinajstić information content (AvgIpc) is 1.62. The Balaban J connectivity index is 1.65. The van der Waals surface area contributed by atoms with Gasteiger partial charge in [0.25, 0.3) is 0 Å². The van der Waals surface area contributed by atoms with Crippen molar-refractivity contribution in [2.45, 2.75) is 197 Å². The number of nitrogens with two attached hydrogens (primary N) is 1. The molecule has 610 valence electrons. The number of aromatic nitrogens is 3. The number of carbonyl (C=O) groups is 2. The molecule has 0 fully saturated rings. The minimum Gasteiger partial charge on any atom is -0.497 e. The lowest BCUT2D eigenvalue weighted by molar-refractivity contribution is -0.141. The SMILES string of the molecule is CC[C@H](C)[C@H](N=C(C)O)C(O)=N[C@H]1CSSC[C@@H](C(O)=N[C@H](C(=O)O)[C@@H](C)O)N=C(O)[C@H](CCCNC(=N)N)N=C(O)[C@@H](Cc2cnc[nH]2)N=C(O)[C@H](C)N=C(O)CN=C(O)[C@H](Cc2c[nH]c3ccccc23)N=C(O)[C@@H](CC(=O)O)N=C(O)[C@H](CCC(=N)O)N=C(O)[C@H](C2CCc3ccccc32)N=C(O)[C@H](C(C)C)N=C1O. The zero-order valence-corrected chi connectivity index (χ0v) is 64.2. The molecule has 4 aromatic rings. The van der Waals surface area contributed by atoms with Crippen LogP contribution < -0.4 is 11.1 Å². The summed E-state index contributed by atoms with van der Waals surface area (Å²) in [5.41, 5.74) is 8.43. The number of guanidine groups is 1. The summed E-state index contributed by atoms with van der Waals surface area (Å²) >= 11 is 0. The summed E-state index contributed by atoms with van der Waals surface area (Å²) in [5, 5.41) is 214. The van der Waals surface area contributed by atoms with Gasteiger partial charge >= 0.3 is 11.9 Å². The molecule has 1 unspecified atom stereocenters. The molecule has 2 aromatic heterocycles. The highest BCUT2D eigenvalue weighted by Crippen LogP contribution is 2.38. The number of hydrogen-bond donors (Lipinski definition) is 23. The van der Waals surface area contributed by atoms with Crippen LogP contribution >= 0.6 is 21.6 Å². The fourth-order valence-corrected chi connectivity index (χ4v) is 13.9. The van der Waals surface area contributed by atoms with Gasteiger partial charge in [0, 0.05) is 79.1 Å². The number of fused-ring (bicyclic) bond motifs is 2. The molecule has 24 N–H and O–H groups in total. The Kier molecular flexibility index (Phi) is 34.6. The van der Waals surface area contributed by atoms with Crippen molar-refractivity contribution in [2.75, 3.05) is 24.6 Å². The topological polar surface area (TPSA) is 669 Å². The van der Waals surface area contributed by atoms with Crippen molar-refractivity contribution in [1.29, 1.82) is 10.8 Å². The van der Waals surface area contributed by atoms with Gasteiger partial charge in [0.1, 0.15) is 73.0 Å². The van der Waals surface area contributed by atoms with Crippen LogP contribution in [0.15, 0.2) is 132 Å². The van der Waals surface area contributed by atoms with Gasteiger partial charge in [0.15, 0.2) is 23.8 Å². The number of H-pyrrole nitrogens is 2. The standard InChI is InChI=1S/C71H100N20O19S2/c1-8-34(4)56(81-37(7)93)68(107)88-51-31-112-111-30-50(66(105)90-57(36(6)92)70(109)110)87-61(100)45(18-13-23-76-71(73)74)82-63(102)48(25-40-28-75-32-79-40)84-59(98)35(5)80-53(95)29-78-60(99)47(24-39-27-77-44-17-12-11-16-42(39)44)85-64(103)49(26-54(96)97)86-62(101)46(21-22-52(72)94)83-69(108)58(43-20-19-38-14-9-10-15-41(38)43)91-67(106)55(33(2)3)89-65(51)104/h9-12,14-17,27-28,32-36,43,45-51,55-58,77,92H,8,13,18-26,29-31H2,1-7H3,(H2,72,94)(H,75,79)(H,78,99)(H,80,95)(H,81,93)(H,82,102)(H,83,108)(H,84,98)(H,85,103)(H,86,101)(H,87,100)(H,88,107)(H,89,104)(H,90,105)(H,91,106)(H,96,97)(H,109,110)(H4,73,74,76)/t34-,35-,36+,43?,45-,46-,47-,48+,49+,50-,51-,55-,56-,57-,58-/m0/s1. The van der Waals surface area contributed by atoms with Crippen molar-refractivity contribution < 1.29 is 96.4 Å². The molecule has 15 atom stereocenters. The molecular weight excluding hydrogens is 1500 g/mol. The molecule has 0 bridgehead atoms. The lowest BCUT2D eigenvalue weighted by atomic mass is 9.92. The van der Waals surface area contributed by atoms with Crippen LogP contribution in [0.3, 0.4) is 0 Å². The van der Waals surface area contributed by atoms with Crippen molar-refractivity contribution in [3.63, 3.8) is 0 Å². The van der Waals surface area contributed by atoms with Gasteiger partial charge in [0.2, 0.25) is 70.8 Å². The van der Waals surface area contributed by atoms with Crippen LogP contribution in [-0.2, 0) is 28.9 Å². The second kappa shape index (κ2) is 43.3. The van der Waals surface area contributed by atoms with E-state index in [1.807, 2.05) is 6.07 Å². The number of aliphatic hydroxyl groups is 15. The Morgan fingerprint density at radius 2 is 1.31 bits per heavy atom. The van der Waals surface area contributed by atoms with E-state index in [0.29, 0.717) is 40.6 Å². The third-order valence-electron chi connectivity index (χ3n) is 17.8. The van der Waals surface area contributed by atoms with Gasteiger partial charge < -0.3 is 108 Å². The molecule has 2 aromatic carbocycles. The third kappa shape index (κ3) is 27.3. The van der Waals surface area contributed by atoms with E-state index in [1.165, 1.54) is 26.4 Å². The van der Waals surface area contributed by atoms with Gasteiger partial charge in [0.05, 0.1) is 18.9 Å². The Labute approximate surface area is 651 Å². The van der Waals surface area contributed by atoms with E-state index in [2.05, 4.69) is 85.2 Å². The van der Waals surface area contributed by atoms with Crippen molar-refractivity contribution in [2.24, 2.45) is 82.5 Å². The van der Waals surface area contributed by atoms with Crippen LogP contribution in [0.4, 0.5) is 0 Å². The van der Waals surface area contributed by atoms with Gasteiger partial charge in [-0.25, -0.2) is 74.7 Å². The predicted molar refractivity (Wildman–Crippen MR) is 434 cm³/mol. The molecule has 6 rings (SSSR count). The van der Waals surface area contributed by atoms with Crippen molar-refractivity contribution in [3.8, 4) is 0 Å². The maximum Gasteiger partial charge on any atom is 0.331 e. The van der Waals surface area contributed by atoms with Crippen LogP contribution in [0.25, 0.3) is 10.9 Å². The van der Waals surface area contributed by atoms with E-state index >= 15 is 0 Å². The number of aromatic amines is 2. The smallest absolute Gasteiger partial charge is 0.331 e. The maximum absolute atomic E-state index is 12.7. The molecule has 0 radical (unpaired) electrons. The molecule has 0 amide bonds. The van der Waals surface area contributed by atoms with E-state index in [4.69, 9.17) is 16.6 Å². The van der Waals surface area contributed by atoms with Crippen molar-refractivity contribution in [3.05, 3.63) is 89.6 Å². The average molecular weight is 1600 g/mol. The predicted octanol–water partition coefficient (Wildman–Crippen LogP) is 7.92. The minimum atomic E-state index is -2.02. The molecule has 41 heteroatoms. The van der Waals surface area contributed by atoms with Crippen LogP contribution in [0.1, 0.15) is 122 Å². The number of hydrogen-bond acceptors (Lipinski definition) is 21. The van der Waals surface area contributed by atoms with Crippen LogP contribution in [0, 0.1) is 22.7 Å². The van der Waals surface area contributed by atoms with E-state index < -0.39 is 228 Å². The molecular formula is C71H100N20O19S2. The molecule has 1 aliphatic heterocycles. The molecule has 0 spiro atoms. The Hall–Kier alpha value is -11.4. The summed E-state index contributed by atoms with van der Waals surface area (Å²) in [6.45, 7) is 9.41. The van der Waals surface area contributed by atoms with Crippen molar-refractivity contribution >= 4 is 133 Å². The second-order valence-corrected chi connectivity index (χ2v) is 29.4. The summed E-state index contributed by atoms with van der Waals surface area (Å²) in [6, 6.07) is -5.81. The normalized spacial score (nSPS) is 24.5. The first-order valence-corrected chi connectivity index (χ1v) is 38.2. The number of nitrogens with one attached hydrogen (secondary N) is 5.